The highest BCUT2D eigenvalue weighted by molar-refractivity contribution is 7.89. The van der Waals surface area contributed by atoms with Crippen molar-refractivity contribution in [2.45, 2.75) is 18.0 Å². The molecule has 106 valence electrons. The van der Waals surface area contributed by atoms with Gasteiger partial charge in [-0.15, -0.1) is 0 Å². The number of nitrogens with one attached hydrogen (secondary N) is 1. The Morgan fingerprint density at radius 3 is 2.20 bits per heavy atom. The van der Waals surface area contributed by atoms with Crippen LogP contribution in [0.1, 0.15) is 11.1 Å². The number of nitrogens with two attached hydrogens (primary N) is 2. The quantitative estimate of drug-likeness (QED) is 0.775. The maximum Gasteiger partial charge on any atom is 0.240 e. The summed E-state index contributed by atoms with van der Waals surface area (Å²) >= 11 is 0. The van der Waals surface area contributed by atoms with Gasteiger partial charge in [0, 0.05) is 13.1 Å². The minimum absolute atomic E-state index is 0.0882. The third-order valence-corrected chi connectivity index (χ3v) is 3.97. The van der Waals surface area contributed by atoms with Gasteiger partial charge < -0.3 is 11.1 Å². The van der Waals surface area contributed by atoms with Crippen molar-refractivity contribution in [2.24, 2.45) is 10.9 Å². The first-order valence-electron chi connectivity index (χ1n) is 6.15. The summed E-state index contributed by atoms with van der Waals surface area (Å²) in [5, 5.41) is 8.29. The predicted octanol–water partition coefficient (Wildman–Crippen LogP) is 1.40. The summed E-state index contributed by atoms with van der Waals surface area (Å²) in [4.78, 5) is 0.0882. The normalized spacial score (nSPS) is 11.3. The van der Waals surface area contributed by atoms with Gasteiger partial charge in [-0.25, -0.2) is 13.6 Å². The van der Waals surface area contributed by atoms with Crippen molar-refractivity contribution in [1.82, 2.24) is 0 Å². The molecule has 0 heterocycles. The van der Waals surface area contributed by atoms with Crippen molar-refractivity contribution in [3.05, 3.63) is 59.7 Å². The molecule has 0 radical (unpaired) electrons. The van der Waals surface area contributed by atoms with Crippen molar-refractivity contribution in [1.29, 1.82) is 0 Å². The van der Waals surface area contributed by atoms with E-state index in [1.54, 1.807) is 18.2 Å². The minimum atomic E-state index is -3.74. The maximum absolute atomic E-state index is 11.5. The molecule has 0 amide bonds. The van der Waals surface area contributed by atoms with Crippen molar-refractivity contribution < 1.29 is 8.42 Å². The van der Waals surface area contributed by atoms with Crippen molar-refractivity contribution in [2.75, 3.05) is 5.32 Å². The molecule has 0 unspecified atom stereocenters. The van der Waals surface area contributed by atoms with Crippen LogP contribution in [-0.2, 0) is 23.1 Å². The van der Waals surface area contributed by atoms with Crippen molar-refractivity contribution >= 4 is 15.7 Å². The standard InChI is InChI=1S/C14H17N3O2S/c15-9-11-5-1-2-6-12(11)10-17-13-7-3-4-8-14(13)20(16,18)19/h1-8,17H,9-10,15H2,(H2,16,18,19). The number of hydrogen-bond acceptors (Lipinski definition) is 4. The topological polar surface area (TPSA) is 98.2 Å². The van der Waals surface area contributed by atoms with E-state index in [1.807, 2.05) is 24.3 Å². The average Bonchev–Trinajstić information content (AvgIpc) is 2.44. The Balaban J connectivity index is 2.24. The fourth-order valence-corrected chi connectivity index (χ4v) is 2.70. The van der Waals surface area contributed by atoms with Gasteiger partial charge in [-0.05, 0) is 23.3 Å². The number of benzene rings is 2. The summed E-state index contributed by atoms with van der Waals surface area (Å²) in [5.41, 5.74) is 8.21. The number of rotatable bonds is 5. The molecule has 0 saturated heterocycles. The lowest BCUT2D eigenvalue weighted by Gasteiger charge is -2.12. The molecule has 0 atom stereocenters. The van der Waals surface area contributed by atoms with E-state index in [9.17, 15) is 8.42 Å². The minimum Gasteiger partial charge on any atom is -0.380 e. The summed E-state index contributed by atoms with van der Waals surface area (Å²) in [5.74, 6) is 0. The van der Waals surface area contributed by atoms with Gasteiger partial charge in [0.2, 0.25) is 10.0 Å². The second-order valence-electron chi connectivity index (χ2n) is 4.37. The van der Waals surface area contributed by atoms with Gasteiger partial charge in [-0.1, -0.05) is 36.4 Å². The highest BCUT2D eigenvalue weighted by atomic mass is 32.2. The van der Waals surface area contributed by atoms with Gasteiger partial charge in [0.25, 0.3) is 0 Å². The molecular weight excluding hydrogens is 274 g/mol. The van der Waals surface area contributed by atoms with Gasteiger partial charge >= 0.3 is 0 Å². The van der Waals surface area contributed by atoms with E-state index in [0.717, 1.165) is 11.1 Å². The Bertz CT molecular complexity index is 699. The first kappa shape index (κ1) is 14.5. The van der Waals surface area contributed by atoms with Crippen LogP contribution in [0.5, 0.6) is 0 Å². The van der Waals surface area contributed by atoms with E-state index in [2.05, 4.69) is 5.32 Å². The number of para-hydroxylation sites is 1. The van der Waals surface area contributed by atoms with Crippen LogP contribution in [0.3, 0.4) is 0 Å². The molecule has 5 N–H and O–H groups in total. The van der Waals surface area contributed by atoms with Crippen molar-refractivity contribution in [3.8, 4) is 0 Å². The SMILES string of the molecule is NCc1ccccc1CNc1ccccc1S(N)(=O)=O. The van der Waals surface area contributed by atoms with Crippen LogP contribution >= 0.6 is 0 Å². The Morgan fingerprint density at radius 1 is 0.950 bits per heavy atom. The summed E-state index contributed by atoms with van der Waals surface area (Å²) in [6, 6.07) is 14.3. The van der Waals surface area contributed by atoms with Crippen LogP contribution in [0.25, 0.3) is 0 Å². The highest BCUT2D eigenvalue weighted by Crippen LogP contribution is 2.20. The van der Waals surface area contributed by atoms with Crippen LogP contribution in [0.2, 0.25) is 0 Å². The maximum atomic E-state index is 11.5. The molecule has 2 rings (SSSR count). The fraction of sp³-hybridized carbons (Fsp3) is 0.143. The second kappa shape index (κ2) is 6.04. The Hall–Kier alpha value is -1.89. The molecule has 0 aromatic heterocycles. The average molecular weight is 291 g/mol. The lowest BCUT2D eigenvalue weighted by Crippen LogP contribution is -2.15. The molecule has 0 bridgehead atoms. The first-order valence-corrected chi connectivity index (χ1v) is 7.69. The van der Waals surface area contributed by atoms with Gasteiger partial charge in [-0.3, -0.25) is 0 Å². The molecule has 6 heteroatoms. The van der Waals surface area contributed by atoms with E-state index in [0.29, 0.717) is 18.8 Å². The van der Waals surface area contributed by atoms with E-state index in [4.69, 9.17) is 10.9 Å². The molecule has 5 nitrogen and oxygen atoms in total. The second-order valence-corrected chi connectivity index (χ2v) is 5.90. The number of anilines is 1. The molecule has 2 aromatic carbocycles. The molecule has 20 heavy (non-hydrogen) atoms. The van der Waals surface area contributed by atoms with Gasteiger partial charge in [0.05, 0.1) is 5.69 Å². The fourth-order valence-electron chi connectivity index (χ4n) is 1.98. The Kier molecular flexibility index (Phi) is 4.39. The van der Waals surface area contributed by atoms with Crippen LogP contribution < -0.4 is 16.2 Å². The first-order chi connectivity index (χ1) is 9.52. The molecule has 0 fully saturated rings. The third kappa shape index (κ3) is 3.36. The summed E-state index contributed by atoms with van der Waals surface area (Å²) in [6.07, 6.45) is 0. The summed E-state index contributed by atoms with van der Waals surface area (Å²) in [6.45, 7) is 0.925. The molecule has 0 aliphatic heterocycles. The van der Waals surface area contributed by atoms with E-state index in [1.165, 1.54) is 6.07 Å². The zero-order chi connectivity index (χ0) is 14.6. The zero-order valence-corrected chi connectivity index (χ0v) is 11.7. The molecule has 2 aromatic rings. The van der Waals surface area contributed by atoms with Crippen LogP contribution in [0, 0.1) is 0 Å². The van der Waals surface area contributed by atoms with Gasteiger partial charge in [0.1, 0.15) is 4.90 Å². The zero-order valence-electron chi connectivity index (χ0n) is 10.9. The Morgan fingerprint density at radius 2 is 1.55 bits per heavy atom. The smallest absolute Gasteiger partial charge is 0.240 e. The van der Waals surface area contributed by atoms with Crippen LogP contribution in [0.15, 0.2) is 53.4 Å². The van der Waals surface area contributed by atoms with Crippen LogP contribution in [-0.4, -0.2) is 8.42 Å². The lowest BCUT2D eigenvalue weighted by atomic mass is 10.1. The summed E-state index contributed by atoms with van der Waals surface area (Å²) in [7, 11) is -3.74. The third-order valence-electron chi connectivity index (χ3n) is 3.00. The number of primary sulfonamides is 1. The molecular formula is C14H17N3O2S. The number of hydrogen-bond donors (Lipinski definition) is 3. The molecule has 0 saturated carbocycles. The van der Waals surface area contributed by atoms with Gasteiger partial charge in [-0.2, -0.15) is 0 Å². The summed E-state index contributed by atoms with van der Waals surface area (Å²) < 4.78 is 23.0. The van der Waals surface area contributed by atoms with Crippen LogP contribution in [0.4, 0.5) is 5.69 Å². The molecule has 0 aliphatic rings. The van der Waals surface area contributed by atoms with E-state index >= 15 is 0 Å². The largest absolute Gasteiger partial charge is 0.380 e. The number of sulfonamides is 1. The van der Waals surface area contributed by atoms with Gasteiger partial charge in [0.15, 0.2) is 0 Å². The monoisotopic (exact) mass is 291 g/mol. The Labute approximate surface area is 118 Å². The highest BCUT2D eigenvalue weighted by Gasteiger charge is 2.12. The van der Waals surface area contributed by atoms with E-state index < -0.39 is 10.0 Å². The lowest BCUT2D eigenvalue weighted by molar-refractivity contribution is 0.598. The predicted molar refractivity (Wildman–Crippen MR) is 79.5 cm³/mol. The molecule has 0 aliphatic carbocycles. The molecule has 0 spiro atoms. The van der Waals surface area contributed by atoms with E-state index in [-0.39, 0.29) is 4.90 Å². The van der Waals surface area contributed by atoms with Crippen molar-refractivity contribution in [3.63, 3.8) is 0 Å².